The van der Waals surface area contributed by atoms with E-state index >= 15 is 0 Å². The van der Waals surface area contributed by atoms with Gasteiger partial charge >= 0.3 is 0 Å². The Morgan fingerprint density at radius 2 is 2.25 bits per heavy atom. The van der Waals surface area contributed by atoms with Crippen molar-refractivity contribution in [3.63, 3.8) is 0 Å². The summed E-state index contributed by atoms with van der Waals surface area (Å²) in [4.78, 5) is 9.00. The minimum atomic E-state index is 0.362. The second kappa shape index (κ2) is 7.69. The lowest BCUT2D eigenvalue weighted by Gasteiger charge is -2.20. The van der Waals surface area contributed by atoms with Crippen molar-refractivity contribution >= 4 is 23.4 Å². The minimum absolute atomic E-state index is 0.362. The molecule has 2 N–H and O–H groups in total. The molecule has 1 saturated heterocycles. The van der Waals surface area contributed by atoms with Crippen molar-refractivity contribution < 1.29 is 4.74 Å². The lowest BCUT2D eigenvalue weighted by Crippen LogP contribution is -2.26. The van der Waals surface area contributed by atoms with Gasteiger partial charge in [-0.1, -0.05) is 18.7 Å². The monoisotopic (exact) mass is 296 g/mol. The molecule has 1 aromatic rings. The highest BCUT2D eigenvalue weighted by Gasteiger charge is 2.22. The predicted molar refractivity (Wildman–Crippen MR) is 84.6 cm³/mol. The number of rotatable bonds is 7. The van der Waals surface area contributed by atoms with Crippen molar-refractivity contribution in [3.05, 3.63) is 6.07 Å². The summed E-state index contributed by atoms with van der Waals surface area (Å²) >= 11 is 1.56. The number of anilines is 2. The lowest BCUT2D eigenvalue weighted by atomic mass is 10.0. The van der Waals surface area contributed by atoms with Gasteiger partial charge in [-0.2, -0.15) is 0 Å². The van der Waals surface area contributed by atoms with Crippen molar-refractivity contribution in [3.8, 4) is 0 Å². The zero-order valence-corrected chi connectivity index (χ0v) is 13.3. The van der Waals surface area contributed by atoms with Gasteiger partial charge in [0.1, 0.15) is 11.6 Å². The van der Waals surface area contributed by atoms with E-state index < -0.39 is 0 Å². The Morgan fingerprint density at radius 3 is 2.90 bits per heavy atom. The maximum atomic E-state index is 5.45. The second-order valence-electron chi connectivity index (χ2n) is 5.11. The van der Waals surface area contributed by atoms with Gasteiger partial charge in [-0.3, -0.25) is 0 Å². The standard InChI is InChI=1S/C14H24N4OS/c1-4-6-15-12-8-13(18-14(17-12)20-3)16-10(2)11-5-7-19-9-11/h8,10-11H,4-7,9H2,1-3H3,(H2,15,16,17,18). The number of aromatic nitrogens is 2. The molecule has 0 aliphatic carbocycles. The van der Waals surface area contributed by atoms with Crippen molar-refractivity contribution in [1.82, 2.24) is 9.97 Å². The van der Waals surface area contributed by atoms with Crippen LogP contribution in [0.25, 0.3) is 0 Å². The summed E-state index contributed by atoms with van der Waals surface area (Å²) in [5.41, 5.74) is 0. The number of thioether (sulfide) groups is 1. The average molecular weight is 296 g/mol. The molecule has 0 aromatic carbocycles. The molecule has 2 rings (SSSR count). The molecule has 2 atom stereocenters. The molecule has 6 heteroatoms. The minimum Gasteiger partial charge on any atom is -0.381 e. The molecule has 0 saturated carbocycles. The molecule has 1 fully saturated rings. The first-order chi connectivity index (χ1) is 9.72. The van der Waals surface area contributed by atoms with E-state index in [1.807, 2.05) is 12.3 Å². The third-order valence-corrected chi connectivity index (χ3v) is 4.04. The number of nitrogens with zero attached hydrogens (tertiary/aromatic N) is 2. The van der Waals surface area contributed by atoms with E-state index in [1.54, 1.807) is 11.8 Å². The van der Waals surface area contributed by atoms with Crippen LogP contribution in [0.4, 0.5) is 11.6 Å². The summed E-state index contributed by atoms with van der Waals surface area (Å²) < 4.78 is 5.45. The SMILES string of the molecule is CCCNc1cc(NC(C)C2CCOC2)nc(SC)n1. The Morgan fingerprint density at radius 1 is 1.45 bits per heavy atom. The van der Waals surface area contributed by atoms with Crippen LogP contribution in [0.15, 0.2) is 11.2 Å². The van der Waals surface area contributed by atoms with E-state index in [-0.39, 0.29) is 0 Å². The molecule has 0 spiro atoms. The Balaban J connectivity index is 2.04. The van der Waals surface area contributed by atoms with Crippen LogP contribution in [-0.2, 0) is 4.74 Å². The van der Waals surface area contributed by atoms with E-state index in [9.17, 15) is 0 Å². The summed E-state index contributed by atoms with van der Waals surface area (Å²) in [6.45, 7) is 6.98. The van der Waals surface area contributed by atoms with Gasteiger partial charge in [0.05, 0.1) is 6.61 Å². The van der Waals surface area contributed by atoms with E-state index in [2.05, 4.69) is 34.4 Å². The molecular formula is C14H24N4OS. The topological polar surface area (TPSA) is 59.1 Å². The second-order valence-corrected chi connectivity index (χ2v) is 5.88. The maximum absolute atomic E-state index is 5.45. The van der Waals surface area contributed by atoms with Crippen molar-refractivity contribution in [2.45, 2.75) is 37.9 Å². The van der Waals surface area contributed by atoms with Gasteiger partial charge in [0.15, 0.2) is 5.16 Å². The van der Waals surface area contributed by atoms with Gasteiger partial charge < -0.3 is 15.4 Å². The van der Waals surface area contributed by atoms with Crippen LogP contribution >= 0.6 is 11.8 Å². The largest absolute Gasteiger partial charge is 0.381 e. The zero-order chi connectivity index (χ0) is 14.4. The summed E-state index contributed by atoms with van der Waals surface area (Å²) in [6.07, 6.45) is 4.20. The molecule has 1 aromatic heterocycles. The Labute approximate surface area is 125 Å². The molecule has 0 bridgehead atoms. The van der Waals surface area contributed by atoms with Gasteiger partial charge in [0, 0.05) is 31.2 Å². The molecule has 5 nitrogen and oxygen atoms in total. The third kappa shape index (κ3) is 4.24. The Hall–Kier alpha value is -1.01. The van der Waals surface area contributed by atoms with E-state index in [1.165, 1.54) is 0 Å². The molecular weight excluding hydrogens is 272 g/mol. The molecule has 1 aliphatic rings. The third-order valence-electron chi connectivity index (χ3n) is 3.49. The van der Waals surface area contributed by atoms with Gasteiger partial charge in [-0.15, -0.1) is 0 Å². The van der Waals surface area contributed by atoms with Crippen LogP contribution in [0, 0.1) is 5.92 Å². The molecule has 0 amide bonds. The van der Waals surface area contributed by atoms with Gasteiger partial charge in [0.2, 0.25) is 0 Å². The summed E-state index contributed by atoms with van der Waals surface area (Å²) in [5.74, 6) is 2.35. The fourth-order valence-corrected chi connectivity index (χ4v) is 2.61. The highest BCUT2D eigenvalue weighted by Crippen LogP contribution is 2.22. The van der Waals surface area contributed by atoms with E-state index in [4.69, 9.17) is 4.74 Å². The summed E-state index contributed by atoms with van der Waals surface area (Å²) in [5, 5.41) is 7.61. The van der Waals surface area contributed by atoms with Crippen molar-refractivity contribution in [2.75, 3.05) is 36.6 Å². The van der Waals surface area contributed by atoms with Gasteiger partial charge in [-0.05, 0) is 26.0 Å². The molecule has 1 aliphatic heterocycles. The molecule has 2 unspecified atom stereocenters. The Bertz CT molecular complexity index is 424. The summed E-state index contributed by atoms with van der Waals surface area (Å²) in [6, 6.07) is 2.35. The smallest absolute Gasteiger partial charge is 0.191 e. The average Bonchev–Trinajstić information content (AvgIpc) is 2.99. The molecule has 20 heavy (non-hydrogen) atoms. The Kier molecular flexibility index (Phi) is 5.91. The van der Waals surface area contributed by atoms with Crippen LogP contribution in [0.2, 0.25) is 0 Å². The first kappa shape index (κ1) is 15.4. The fraction of sp³-hybridized carbons (Fsp3) is 0.714. The maximum Gasteiger partial charge on any atom is 0.191 e. The van der Waals surface area contributed by atoms with E-state index in [0.717, 1.165) is 49.4 Å². The fourth-order valence-electron chi connectivity index (χ4n) is 2.23. The van der Waals surface area contributed by atoms with Crippen LogP contribution in [0.1, 0.15) is 26.7 Å². The van der Waals surface area contributed by atoms with E-state index in [0.29, 0.717) is 12.0 Å². The normalized spacial score (nSPS) is 19.9. The molecule has 0 radical (unpaired) electrons. The molecule has 2 heterocycles. The van der Waals surface area contributed by atoms with Crippen LogP contribution in [0.3, 0.4) is 0 Å². The highest BCUT2D eigenvalue weighted by molar-refractivity contribution is 7.98. The quantitative estimate of drug-likeness (QED) is 0.596. The number of nitrogens with one attached hydrogen (secondary N) is 2. The first-order valence-corrected chi connectivity index (χ1v) is 8.46. The summed E-state index contributed by atoms with van der Waals surface area (Å²) in [7, 11) is 0. The zero-order valence-electron chi connectivity index (χ0n) is 12.5. The highest BCUT2D eigenvalue weighted by atomic mass is 32.2. The predicted octanol–water partition coefficient (Wildman–Crippen LogP) is 2.86. The lowest BCUT2D eigenvalue weighted by molar-refractivity contribution is 0.183. The van der Waals surface area contributed by atoms with Crippen LogP contribution in [0.5, 0.6) is 0 Å². The van der Waals surface area contributed by atoms with Gasteiger partial charge in [-0.25, -0.2) is 9.97 Å². The number of hydrogen-bond donors (Lipinski definition) is 2. The number of ether oxygens (including phenoxy) is 1. The molecule has 112 valence electrons. The van der Waals surface area contributed by atoms with Crippen LogP contribution in [-0.4, -0.2) is 42.0 Å². The van der Waals surface area contributed by atoms with Crippen molar-refractivity contribution in [2.24, 2.45) is 5.92 Å². The van der Waals surface area contributed by atoms with Crippen molar-refractivity contribution in [1.29, 1.82) is 0 Å². The van der Waals surface area contributed by atoms with Gasteiger partial charge in [0.25, 0.3) is 0 Å². The number of hydrogen-bond acceptors (Lipinski definition) is 6. The van der Waals surface area contributed by atoms with Crippen LogP contribution < -0.4 is 10.6 Å². The first-order valence-electron chi connectivity index (χ1n) is 7.24.